The highest BCUT2D eigenvalue weighted by atomic mass is 15.2. The molecule has 2 aromatic rings. The number of aryl methyl sites for hydroxylation is 2. The van der Waals surface area contributed by atoms with E-state index < -0.39 is 0 Å². The number of benzene rings is 1. The van der Waals surface area contributed by atoms with E-state index in [0.29, 0.717) is 6.54 Å². The van der Waals surface area contributed by atoms with E-state index in [-0.39, 0.29) is 6.17 Å². The highest BCUT2D eigenvalue weighted by Gasteiger charge is 2.23. The SMILES string of the molecule is CCc1cc(CN)ccc1N(C)C1Cc2c(ncn2C)C=N1. The molecule has 2 heterocycles. The first-order valence-electron chi connectivity index (χ1n) is 7.72. The van der Waals surface area contributed by atoms with Crippen molar-refractivity contribution in [1.82, 2.24) is 9.55 Å². The second-order valence-corrected chi connectivity index (χ2v) is 5.78. The van der Waals surface area contributed by atoms with E-state index in [1.165, 1.54) is 22.5 Å². The predicted molar refractivity (Wildman–Crippen MR) is 90.4 cm³/mol. The maximum atomic E-state index is 5.75. The lowest BCUT2D eigenvalue weighted by atomic mass is 10.0. The zero-order valence-corrected chi connectivity index (χ0v) is 13.5. The first-order valence-corrected chi connectivity index (χ1v) is 7.72. The molecule has 0 aliphatic carbocycles. The van der Waals surface area contributed by atoms with Gasteiger partial charge >= 0.3 is 0 Å². The van der Waals surface area contributed by atoms with Crippen molar-refractivity contribution in [2.75, 3.05) is 11.9 Å². The Hall–Kier alpha value is -2.14. The van der Waals surface area contributed by atoms with E-state index in [4.69, 9.17) is 5.73 Å². The van der Waals surface area contributed by atoms with Crippen molar-refractivity contribution in [3.8, 4) is 0 Å². The van der Waals surface area contributed by atoms with E-state index in [1.807, 2.05) is 19.6 Å². The van der Waals surface area contributed by atoms with Crippen LogP contribution in [0.5, 0.6) is 0 Å². The normalized spacial score (nSPS) is 16.6. The first kappa shape index (κ1) is 14.8. The summed E-state index contributed by atoms with van der Waals surface area (Å²) in [5.74, 6) is 0. The monoisotopic (exact) mass is 297 g/mol. The second kappa shape index (κ2) is 5.93. The molecular formula is C17H23N5. The molecule has 3 rings (SSSR count). The van der Waals surface area contributed by atoms with Crippen molar-refractivity contribution < 1.29 is 0 Å². The molecular weight excluding hydrogens is 274 g/mol. The van der Waals surface area contributed by atoms with Crippen LogP contribution in [-0.4, -0.2) is 29.0 Å². The lowest BCUT2D eigenvalue weighted by Gasteiger charge is -2.30. The molecule has 2 N–H and O–H groups in total. The summed E-state index contributed by atoms with van der Waals surface area (Å²) in [5.41, 5.74) is 11.7. The minimum atomic E-state index is 0.108. The van der Waals surface area contributed by atoms with Gasteiger partial charge in [0, 0.05) is 38.4 Å². The van der Waals surface area contributed by atoms with Crippen LogP contribution in [0.3, 0.4) is 0 Å². The van der Waals surface area contributed by atoms with Crippen molar-refractivity contribution in [2.45, 2.75) is 32.5 Å². The molecule has 1 atom stereocenters. The molecule has 5 nitrogen and oxygen atoms in total. The number of likely N-dealkylation sites (N-methyl/N-ethyl adjacent to an activating group) is 1. The number of nitrogens with zero attached hydrogens (tertiary/aromatic N) is 4. The van der Waals surface area contributed by atoms with Crippen LogP contribution >= 0.6 is 0 Å². The molecule has 116 valence electrons. The Labute approximate surface area is 131 Å². The van der Waals surface area contributed by atoms with Crippen molar-refractivity contribution >= 4 is 11.9 Å². The molecule has 5 heteroatoms. The maximum absolute atomic E-state index is 5.75. The van der Waals surface area contributed by atoms with E-state index in [0.717, 1.165) is 18.5 Å². The van der Waals surface area contributed by atoms with E-state index >= 15 is 0 Å². The van der Waals surface area contributed by atoms with Gasteiger partial charge in [-0.15, -0.1) is 0 Å². The van der Waals surface area contributed by atoms with Crippen molar-refractivity contribution in [2.24, 2.45) is 17.8 Å². The fraction of sp³-hybridized carbons (Fsp3) is 0.412. The van der Waals surface area contributed by atoms with Gasteiger partial charge in [-0.25, -0.2) is 4.98 Å². The molecule has 22 heavy (non-hydrogen) atoms. The van der Waals surface area contributed by atoms with Crippen LogP contribution < -0.4 is 10.6 Å². The van der Waals surface area contributed by atoms with Gasteiger partial charge in [-0.05, 0) is 23.6 Å². The predicted octanol–water partition coefficient (Wildman–Crippen LogP) is 1.88. The number of nitrogens with two attached hydrogens (primary N) is 1. The summed E-state index contributed by atoms with van der Waals surface area (Å²) in [5, 5.41) is 0. The zero-order valence-electron chi connectivity index (χ0n) is 13.5. The van der Waals surface area contributed by atoms with Gasteiger partial charge in [0.2, 0.25) is 0 Å². The van der Waals surface area contributed by atoms with Crippen LogP contribution in [0.2, 0.25) is 0 Å². The summed E-state index contributed by atoms with van der Waals surface area (Å²) in [6.07, 6.45) is 5.71. The van der Waals surface area contributed by atoms with Crippen LogP contribution in [0.1, 0.15) is 29.4 Å². The maximum Gasteiger partial charge on any atom is 0.126 e. The molecule has 0 spiro atoms. The van der Waals surface area contributed by atoms with Gasteiger partial charge in [-0.3, -0.25) is 4.99 Å². The van der Waals surface area contributed by atoms with E-state index in [2.05, 4.69) is 51.6 Å². The number of fused-ring (bicyclic) bond motifs is 1. The summed E-state index contributed by atoms with van der Waals surface area (Å²) in [4.78, 5) is 11.3. The van der Waals surface area contributed by atoms with Gasteiger partial charge in [-0.1, -0.05) is 19.1 Å². The zero-order chi connectivity index (χ0) is 15.7. The highest BCUT2D eigenvalue weighted by molar-refractivity contribution is 5.80. The fourth-order valence-corrected chi connectivity index (χ4v) is 3.00. The molecule has 0 radical (unpaired) electrons. The highest BCUT2D eigenvalue weighted by Crippen LogP contribution is 2.26. The van der Waals surface area contributed by atoms with Gasteiger partial charge in [0.1, 0.15) is 11.9 Å². The number of rotatable bonds is 4. The van der Waals surface area contributed by atoms with Crippen LogP contribution in [0.4, 0.5) is 5.69 Å². The summed E-state index contributed by atoms with van der Waals surface area (Å²) < 4.78 is 2.08. The molecule has 0 amide bonds. The van der Waals surface area contributed by atoms with Crippen molar-refractivity contribution in [3.63, 3.8) is 0 Å². The van der Waals surface area contributed by atoms with Crippen LogP contribution in [0, 0.1) is 0 Å². The smallest absolute Gasteiger partial charge is 0.126 e. The molecule has 1 aromatic heterocycles. The number of aliphatic imine (C=N–C) groups is 1. The second-order valence-electron chi connectivity index (χ2n) is 5.78. The molecule has 1 aliphatic rings. The lowest BCUT2D eigenvalue weighted by molar-refractivity contribution is 0.620. The van der Waals surface area contributed by atoms with E-state index in [1.54, 1.807) is 0 Å². The Bertz CT molecular complexity index is 701. The molecule has 1 aromatic carbocycles. The summed E-state index contributed by atoms with van der Waals surface area (Å²) in [6.45, 7) is 2.76. The Morgan fingerprint density at radius 1 is 1.41 bits per heavy atom. The van der Waals surface area contributed by atoms with Gasteiger partial charge < -0.3 is 15.2 Å². The van der Waals surface area contributed by atoms with Gasteiger partial charge in [0.15, 0.2) is 0 Å². The molecule has 1 aliphatic heterocycles. The third-order valence-electron chi connectivity index (χ3n) is 4.42. The number of hydrogen-bond acceptors (Lipinski definition) is 4. The van der Waals surface area contributed by atoms with Gasteiger partial charge in [0.05, 0.1) is 12.5 Å². The minimum Gasteiger partial charge on any atom is -0.352 e. The topological polar surface area (TPSA) is 59.4 Å². The number of hydrogen-bond donors (Lipinski definition) is 1. The van der Waals surface area contributed by atoms with Crippen LogP contribution in [0.15, 0.2) is 29.5 Å². The van der Waals surface area contributed by atoms with Crippen LogP contribution in [0.25, 0.3) is 0 Å². The van der Waals surface area contributed by atoms with Crippen molar-refractivity contribution in [1.29, 1.82) is 0 Å². The number of aromatic nitrogens is 2. The molecule has 0 saturated carbocycles. The molecule has 0 bridgehead atoms. The fourth-order valence-electron chi connectivity index (χ4n) is 3.00. The van der Waals surface area contributed by atoms with Crippen LogP contribution in [-0.2, 0) is 26.4 Å². The number of imidazole rings is 1. The van der Waals surface area contributed by atoms with Crippen molar-refractivity contribution in [3.05, 3.63) is 47.0 Å². The summed E-state index contributed by atoms with van der Waals surface area (Å²) in [7, 11) is 4.15. The summed E-state index contributed by atoms with van der Waals surface area (Å²) in [6, 6.07) is 6.47. The average Bonchev–Trinajstić information content (AvgIpc) is 2.94. The Kier molecular flexibility index (Phi) is 3.98. The Balaban J connectivity index is 1.89. The number of anilines is 1. The third-order valence-corrected chi connectivity index (χ3v) is 4.42. The summed E-state index contributed by atoms with van der Waals surface area (Å²) >= 11 is 0. The quantitative estimate of drug-likeness (QED) is 0.937. The minimum absolute atomic E-state index is 0.108. The van der Waals surface area contributed by atoms with E-state index in [9.17, 15) is 0 Å². The van der Waals surface area contributed by atoms with Gasteiger partial charge in [-0.2, -0.15) is 0 Å². The Morgan fingerprint density at radius 2 is 2.23 bits per heavy atom. The molecule has 0 fully saturated rings. The van der Waals surface area contributed by atoms with Gasteiger partial charge in [0.25, 0.3) is 0 Å². The Morgan fingerprint density at radius 3 is 2.95 bits per heavy atom. The lowest BCUT2D eigenvalue weighted by Crippen LogP contribution is -2.35. The average molecular weight is 297 g/mol. The molecule has 0 saturated heterocycles. The largest absolute Gasteiger partial charge is 0.352 e. The molecule has 1 unspecified atom stereocenters. The standard InChI is InChI=1S/C17H23N5/c1-4-13-7-12(9-18)5-6-15(13)22(3)17-8-16-14(10-19-17)20-11-21(16)2/h5-7,10-11,17H,4,8-9,18H2,1-3H3. The first-order chi connectivity index (χ1) is 10.6. The third kappa shape index (κ3) is 2.52.